The topological polar surface area (TPSA) is 114 Å². The minimum Gasteiger partial charge on any atom is -0.345 e. The molecule has 0 aliphatic heterocycles. The summed E-state index contributed by atoms with van der Waals surface area (Å²) < 4.78 is 32.1. The highest BCUT2D eigenvalue weighted by atomic mass is 32.2. The van der Waals surface area contributed by atoms with Gasteiger partial charge in [-0.2, -0.15) is 4.98 Å². The number of nitrogens with zero attached hydrogens (tertiary/aromatic N) is 2. The monoisotopic (exact) mass is 404 g/mol. The SMILES string of the molecule is CC(C)(C)c1nc(CNC(=O)/C=C/c2ccc(S(=O)(=O)NC3CC3)cc2)no1. The van der Waals surface area contributed by atoms with Gasteiger partial charge in [-0.15, -0.1) is 0 Å². The highest BCUT2D eigenvalue weighted by molar-refractivity contribution is 7.89. The summed E-state index contributed by atoms with van der Waals surface area (Å²) in [6.07, 6.45) is 4.75. The minimum atomic E-state index is -3.47. The molecule has 1 saturated carbocycles. The third kappa shape index (κ3) is 5.49. The van der Waals surface area contributed by atoms with Crippen LogP contribution in [0.1, 0.15) is 50.9 Å². The van der Waals surface area contributed by atoms with Crippen LogP contribution in [-0.4, -0.2) is 30.5 Å². The van der Waals surface area contributed by atoms with Gasteiger partial charge in [-0.25, -0.2) is 13.1 Å². The molecule has 0 bridgehead atoms. The van der Waals surface area contributed by atoms with E-state index in [4.69, 9.17) is 4.52 Å². The van der Waals surface area contributed by atoms with Crippen molar-refractivity contribution in [1.29, 1.82) is 0 Å². The zero-order chi connectivity index (χ0) is 20.4. The van der Waals surface area contributed by atoms with E-state index in [2.05, 4.69) is 20.2 Å². The van der Waals surface area contributed by atoms with Gasteiger partial charge in [0.1, 0.15) is 0 Å². The molecule has 2 aromatic rings. The first-order chi connectivity index (χ1) is 13.1. The van der Waals surface area contributed by atoms with Gasteiger partial charge in [0, 0.05) is 17.5 Å². The van der Waals surface area contributed by atoms with Crippen molar-refractivity contribution in [2.45, 2.75) is 56.5 Å². The van der Waals surface area contributed by atoms with Crippen LogP contribution in [0, 0.1) is 0 Å². The van der Waals surface area contributed by atoms with Crippen LogP contribution < -0.4 is 10.0 Å². The number of benzene rings is 1. The number of hydrogen-bond acceptors (Lipinski definition) is 6. The molecule has 1 aromatic carbocycles. The van der Waals surface area contributed by atoms with Crippen molar-refractivity contribution in [3.8, 4) is 0 Å². The normalized spacial score (nSPS) is 15.1. The van der Waals surface area contributed by atoms with Gasteiger partial charge in [0.2, 0.25) is 21.8 Å². The lowest BCUT2D eigenvalue weighted by Crippen LogP contribution is -2.25. The maximum Gasteiger partial charge on any atom is 0.244 e. The fourth-order valence-corrected chi connectivity index (χ4v) is 3.58. The van der Waals surface area contributed by atoms with Gasteiger partial charge < -0.3 is 9.84 Å². The molecule has 1 fully saturated rings. The molecule has 1 heterocycles. The van der Waals surface area contributed by atoms with Gasteiger partial charge in [0.05, 0.1) is 11.4 Å². The highest BCUT2D eigenvalue weighted by Crippen LogP contribution is 2.22. The van der Waals surface area contributed by atoms with Gasteiger partial charge in [-0.3, -0.25) is 4.79 Å². The van der Waals surface area contributed by atoms with Crippen LogP contribution in [0.3, 0.4) is 0 Å². The Labute approximate surface area is 164 Å². The average Bonchev–Trinajstić information content (AvgIpc) is 3.29. The number of hydrogen-bond donors (Lipinski definition) is 2. The summed E-state index contributed by atoms with van der Waals surface area (Å²) in [6, 6.07) is 6.41. The van der Waals surface area contributed by atoms with E-state index in [9.17, 15) is 13.2 Å². The third-order valence-electron chi connectivity index (χ3n) is 4.05. The van der Waals surface area contributed by atoms with Crippen molar-refractivity contribution in [2.75, 3.05) is 0 Å². The predicted octanol–water partition coefficient (Wildman–Crippen LogP) is 2.14. The Bertz CT molecular complexity index is 968. The molecule has 1 aliphatic rings. The summed E-state index contributed by atoms with van der Waals surface area (Å²) in [7, 11) is -3.47. The molecule has 1 aromatic heterocycles. The lowest BCUT2D eigenvalue weighted by atomic mass is 9.97. The summed E-state index contributed by atoms with van der Waals surface area (Å²) in [5, 5.41) is 6.52. The van der Waals surface area contributed by atoms with E-state index in [-0.39, 0.29) is 28.8 Å². The van der Waals surface area contributed by atoms with Crippen LogP contribution in [0.5, 0.6) is 0 Å². The van der Waals surface area contributed by atoms with Gasteiger partial charge in [0.15, 0.2) is 5.82 Å². The Morgan fingerprint density at radius 3 is 2.50 bits per heavy atom. The van der Waals surface area contributed by atoms with E-state index in [1.807, 2.05) is 20.8 Å². The molecule has 0 atom stereocenters. The number of aromatic nitrogens is 2. The second kappa shape index (κ2) is 7.84. The van der Waals surface area contributed by atoms with Crippen LogP contribution in [0.25, 0.3) is 6.08 Å². The highest BCUT2D eigenvalue weighted by Gasteiger charge is 2.27. The third-order valence-corrected chi connectivity index (χ3v) is 5.58. The fraction of sp³-hybridized carbons (Fsp3) is 0.421. The number of rotatable bonds is 7. The smallest absolute Gasteiger partial charge is 0.244 e. The molecule has 0 unspecified atom stereocenters. The first-order valence-corrected chi connectivity index (χ1v) is 10.5. The van der Waals surface area contributed by atoms with E-state index < -0.39 is 10.0 Å². The van der Waals surface area contributed by atoms with Gasteiger partial charge >= 0.3 is 0 Å². The minimum absolute atomic E-state index is 0.0620. The maximum atomic E-state index is 12.1. The van der Waals surface area contributed by atoms with Crippen molar-refractivity contribution in [3.05, 3.63) is 47.6 Å². The van der Waals surface area contributed by atoms with Crippen molar-refractivity contribution in [2.24, 2.45) is 0 Å². The van der Waals surface area contributed by atoms with E-state index in [1.165, 1.54) is 18.2 Å². The molecule has 150 valence electrons. The fourth-order valence-electron chi connectivity index (χ4n) is 2.27. The van der Waals surface area contributed by atoms with Crippen LogP contribution in [0.4, 0.5) is 0 Å². The average molecular weight is 404 g/mol. The zero-order valence-electron chi connectivity index (χ0n) is 16.1. The van der Waals surface area contributed by atoms with Crippen LogP contribution in [0.15, 0.2) is 39.8 Å². The van der Waals surface area contributed by atoms with Gasteiger partial charge in [-0.1, -0.05) is 38.1 Å². The lowest BCUT2D eigenvalue weighted by molar-refractivity contribution is -0.116. The van der Waals surface area contributed by atoms with Crippen molar-refractivity contribution in [1.82, 2.24) is 20.2 Å². The largest absolute Gasteiger partial charge is 0.345 e. The molecule has 1 amide bonds. The summed E-state index contributed by atoms with van der Waals surface area (Å²) in [5.41, 5.74) is 0.471. The van der Waals surface area contributed by atoms with E-state index in [1.54, 1.807) is 18.2 Å². The standard InChI is InChI=1S/C19H24N4O4S/c1-19(2,3)18-21-16(22-27-18)12-20-17(24)11-6-13-4-9-15(10-5-13)28(25,26)23-14-7-8-14/h4-6,9-11,14,23H,7-8,12H2,1-3H3,(H,20,24)/b11-6+. The summed E-state index contributed by atoms with van der Waals surface area (Å²) in [6.45, 7) is 6.05. The predicted molar refractivity (Wildman–Crippen MR) is 104 cm³/mol. The Hall–Kier alpha value is -2.52. The molecule has 9 heteroatoms. The molecule has 0 saturated heterocycles. The van der Waals surface area contributed by atoms with Gasteiger partial charge in [-0.05, 0) is 36.6 Å². The summed E-state index contributed by atoms with van der Waals surface area (Å²) in [5.74, 6) is 0.608. The number of sulfonamides is 1. The Morgan fingerprint density at radius 1 is 1.25 bits per heavy atom. The molecule has 0 spiro atoms. The van der Waals surface area contributed by atoms with Crippen molar-refractivity contribution < 1.29 is 17.7 Å². The number of carbonyl (C=O) groups excluding carboxylic acids is 1. The van der Waals surface area contributed by atoms with Crippen LogP contribution in [-0.2, 0) is 26.8 Å². The van der Waals surface area contributed by atoms with E-state index in [0.717, 1.165) is 18.4 Å². The molecular formula is C19H24N4O4S. The molecule has 2 N–H and O–H groups in total. The number of carbonyl (C=O) groups is 1. The second-order valence-corrected chi connectivity index (χ2v) is 9.50. The number of amides is 1. The molecule has 0 radical (unpaired) electrons. The van der Waals surface area contributed by atoms with Crippen molar-refractivity contribution >= 4 is 22.0 Å². The molecule has 28 heavy (non-hydrogen) atoms. The van der Waals surface area contributed by atoms with Crippen LogP contribution in [0.2, 0.25) is 0 Å². The Kier molecular flexibility index (Phi) is 5.66. The first-order valence-electron chi connectivity index (χ1n) is 9.05. The van der Waals surface area contributed by atoms with E-state index in [0.29, 0.717) is 11.7 Å². The Morgan fingerprint density at radius 2 is 1.93 bits per heavy atom. The maximum absolute atomic E-state index is 12.1. The molecule has 1 aliphatic carbocycles. The lowest BCUT2D eigenvalue weighted by Gasteiger charge is -2.10. The first kappa shape index (κ1) is 20.2. The molecular weight excluding hydrogens is 380 g/mol. The summed E-state index contributed by atoms with van der Waals surface area (Å²) >= 11 is 0. The summed E-state index contributed by atoms with van der Waals surface area (Å²) in [4.78, 5) is 16.4. The number of nitrogens with one attached hydrogen (secondary N) is 2. The quantitative estimate of drug-likeness (QED) is 0.684. The van der Waals surface area contributed by atoms with Crippen LogP contribution >= 0.6 is 0 Å². The van der Waals surface area contributed by atoms with E-state index >= 15 is 0 Å². The molecule has 8 nitrogen and oxygen atoms in total. The second-order valence-electron chi connectivity index (χ2n) is 7.78. The zero-order valence-corrected chi connectivity index (χ0v) is 16.9. The van der Waals surface area contributed by atoms with Gasteiger partial charge in [0.25, 0.3) is 0 Å². The van der Waals surface area contributed by atoms with Crippen molar-refractivity contribution in [3.63, 3.8) is 0 Å². The molecule has 3 rings (SSSR count). The Balaban J connectivity index is 1.53.